The third kappa shape index (κ3) is 4.62. The van der Waals surface area contributed by atoms with E-state index in [9.17, 15) is 9.90 Å². The number of nitrogens with zero attached hydrogens (tertiary/aromatic N) is 1. The first kappa shape index (κ1) is 15.0. The molecule has 1 amide bonds. The number of rotatable bonds is 5. The van der Waals surface area contributed by atoms with Crippen molar-refractivity contribution in [2.24, 2.45) is 0 Å². The molecule has 110 valence electrons. The second-order valence-corrected chi connectivity index (χ2v) is 5.52. The highest BCUT2D eigenvalue weighted by molar-refractivity contribution is 5.76. The Labute approximate surface area is 120 Å². The number of amides is 1. The van der Waals surface area contributed by atoms with Crippen molar-refractivity contribution in [3.8, 4) is 0 Å². The summed E-state index contributed by atoms with van der Waals surface area (Å²) in [5.41, 5.74) is 1.13. The predicted octanol–water partition coefficient (Wildman–Crippen LogP) is 1.71. The Morgan fingerprint density at radius 1 is 1.35 bits per heavy atom. The molecule has 1 aliphatic heterocycles. The van der Waals surface area contributed by atoms with Crippen LogP contribution in [0.1, 0.15) is 37.8 Å². The number of hydrogen-bond acceptors (Lipinski definition) is 3. The summed E-state index contributed by atoms with van der Waals surface area (Å²) in [4.78, 5) is 14.2. The van der Waals surface area contributed by atoms with Crippen molar-refractivity contribution in [3.63, 3.8) is 0 Å². The number of nitrogens with one attached hydrogen (secondary N) is 1. The van der Waals surface area contributed by atoms with Crippen molar-refractivity contribution >= 4 is 5.91 Å². The van der Waals surface area contributed by atoms with Crippen molar-refractivity contribution in [3.05, 3.63) is 35.9 Å². The zero-order chi connectivity index (χ0) is 14.4. The molecule has 2 rings (SSSR count). The first-order valence-corrected chi connectivity index (χ1v) is 7.40. The average Bonchev–Trinajstić information content (AvgIpc) is 2.47. The minimum Gasteiger partial charge on any atom is -0.393 e. The molecular formula is C16H24N2O2. The Hall–Kier alpha value is -1.39. The number of aliphatic hydroxyl groups is 1. The second kappa shape index (κ2) is 7.41. The Kier molecular flexibility index (Phi) is 5.56. The minimum absolute atomic E-state index is 0.0480. The van der Waals surface area contributed by atoms with E-state index in [4.69, 9.17) is 0 Å². The lowest BCUT2D eigenvalue weighted by molar-refractivity contribution is -0.122. The number of carbonyl (C=O) groups excluding carboxylic acids is 1. The van der Waals surface area contributed by atoms with Gasteiger partial charge in [-0.15, -0.1) is 0 Å². The van der Waals surface area contributed by atoms with Crippen LogP contribution in [0.25, 0.3) is 0 Å². The van der Waals surface area contributed by atoms with Crippen LogP contribution in [0.3, 0.4) is 0 Å². The first-order chi connectivity index (χ1) is 9.65. The van der Waals surface area contributed by atoms with Gasteiger partial charge >= 0.3 is 0 Å². The molecule has 20 heavy (non-hydrogen) atoms. The Balaban J connectivity index is 1.70. The van der Waals surface area contributed by atoms with Crippen molar-refractivity contribution in [2.75, 3.05) is 19.6 Å². The van der Waals surface area contributed by atoms with Gasteiger partial charge in [0.15, 0.2) is 0 Å². The van der Waals surface area contributed by atoms with Gasteiger partial charge in [0, 0.05) is 26.1 Å². The minimum atomic E-state index is -0.154. The number of likely N-dealkylation sites (tertiary alicyclic amines) is 1. The predicted molar refractivity (Wildman–Crippen MR) is 79.3 cm³/mol. The van der Waals surface area contributed by atoms with Gasteiger partial charge in [-0.25, -0.2) is 0 Å². The molecule has 4 heteroatoms. The van der Waals surface area contributed by atoms with Crippen LogP contribution in [-0.2, 0) is 4.79 Å². The molecule has 1 aromatic carbocycles. The zero-order valence-corrected chi connectivity index (χ0v) is 12.1. The van der Waals surface area contributed by atoms with E-state index < -0.39 is 0 Å². The quantitative estimate of drug-likeness (QED) is 0.861. The van der Waals surface area contributed by atoms with Gasteiger partial charge in [-0.05, 0) is 25.3 Å². The third-order valence-electron chi connectivity index (χ3n) is 3.89. The lowest BCUT2D eigenvalue weighted by atomic mass is 10.1. The standard InChI is InChI=1S/C16H24N2O2/c1-13(14-5-3-2-4-6-14)17-16(20)9-12-18-10-7-15(19)8-11-18/h2-6,13,15,19H,7-12H2,1H3,(H,17,20). The van der Waals surface area contributed by atoms with Crippen LogP contribution in [0.4, 0.5) is 0 Å². The van der Waals surface area contributed by atoms with Crippen LogP contribution in [0.15, 0.2) is 30.3 Å². The largest absolute Gasteiger partial charge is 0.393 e. The molecule has 1 unspecified atom stereocenters. The lowest BCUT2D eigenvalue weighted by Crippen LogP contribution is -2.38. The van der Waals surface area contributed by atoms with Crippen LogP contribution in [0.5, 0.6) is 0 Å². The van der Waals surface area contributed by atoms with Crippen molar-refractivity contribution in [1.82, 2.24) is 10.2 Å². The van der Waals surface area contributed by atoms with E-state index in [0.29, 0.717) is 6.42 Å². The molecule has 0 aromatic heterocycles. The smallest absolute Gasteiger partial charge is 0.221 e. The van der Waals surface area contributed by atoms with E-state index in [1.54, 1.807) is 0 Å². The Morgan fingerprint density at radius 2 is 2.00 bits per heavy atom. The monoisotopic (exact) mass is 276 g/mol. The number of piperidine rings is 1. The molecule has 1 aliphatic rings. The molecule has 1 aromatic rings. The zero-order valence-electron chi connectivity index (χ0n) is 12.1. The summed E-state index contributed by atoms with van der Waals surface area (Å²) in [6.07, 6.45) is 2.01. The van der Waals surface area contributed by atoms with Crippen LogP contribution in [0, 0.1) is 0 Å². The summed E-state index contributed by atoms with van der Waals surface area (Å²) in [5, 5.41) is 12.5. The maximum Gasteiger partial charge on any atom is 0.221 e. The molecule has 1 atom stereocenters. The van der Waals surface area contributed by atoms with E-state index in [-0.39, 0.29) is 18.1 Å². The Bertz CT molecular complexity index is 414. The molecular weight excluding hydrogens is 252 g/mol. The van der Waals surface area contributed by atoms with Gasteiger partial charge in [0.2, 0.25) is 5.91 Å². The molecule has 1 fully saturated rings. The number of aliphatic hydroxyl groups excluding tert-OH is 1. The summed E-state index contributed by atoms with van der Waals surface area (Å²) in [6, 6.07) is 10.0. The van der Waals surface area contributed by atoms with Crippen LogP contribution >= 0.6 is 0 Å². The normalized spacial score (nSPS) is 18.7. The molecule has 0 aliphatic carbocycles. The van der Waals surface area contributed by atoms with Crippen LogP contribution in [-0.4, -0.2) is 41.7 Å². The van der Waals surface area contributed by atoms with Gasteiger partial charge in [0.25, 0.3) is 0 Å². The van der Waals surface area contributed by atoms with Gasteiger partial charge in [0.1, 0.15) is 0 Å². The summed E-state index contributed by atoms with van der Waals surface area (Å²) < 4.78 is 0. The third-order valence-corrected chi connectivity index (χ3v) is 3.89. The first-order valence-electron chi connectivity index (χ1n) is 7.40. The molecule has 1 heterocycles. The molecule has 4 nitrogen and oxygen atoms in total. The van der Waals surface area contributed by atoms with Gasteiger partial charge in [-0.1, -0.05) is 30.3 Å². The van der Waals surface area contributed by atoms with Crippen LogP contribution < -0.4 is 5.32 Å². The van der Waals surface area contributed by atoms with Gasteiger partial charge in [-0.3, -0.25) is 4.79 Å². The molecule has 0 spiro atoms. The van der Waals surface area contributed by atoms with E-state index >= 15 is 0 Å². The fourth-order valence-corrected chi connectivity index (χ4v) is 2.54. The van der Waals surface area contributed by atoms with Crippen molar-refractivity contribution in [2.45, 2.75) is 38.3 Å². The topological polar surface area (TPSA) is 52.6 Å². The highest BCUT2D eigenvalue weighted by Crippen LogP contribution is 2.12. The maximum atomic E-state index is 11.9. The summed E-state index contributed by atoms with van der Waals surface area (Å²) in [7, 11) is 0. The summed E-state index contributed by atoms with van der Waals surface area (Å²) in [5.74, 6) is 0.0903. The van der Waals surface area contributed by atoms with E-state index in [1.165, 1.54) is 0 Å². The highest BCUT2D eigenvalue weighted by atomic mass is 16.3. The second-order valence-electron chi connectivity index (χ2n) is 5.52. The lowest BCUT2D eigenvalue weighted by Gasteiger charge is -2.29. The molecule has 0 saturated carbocycles. The molecule has 0 bridgehead atoms. The Morgan fingerprint density at radius 3 is 2.65 bits per heavy atom. The molecule has 2 N–H and O–H groups in total. The fraction of sp³-hybridized carbons (Fsp3) is 0.562. The SMILES string of the molecule is CC(NC(=O)CCN1CCC(O)CC1)c1ccccc1. The van der Waals surface area contributed by atoms with Gasteiger partial charge in [-0.2, -0.15) is 0 Å². The average molecular weight is 276 g/mol. The van der Waals surface area contributed by atoms with Gasteiger partial charge < -0.3 is 15.3 Å². The molecule has 1 saturated heterocycles. The number of carbonyl (C=O) groups is 1. The summed E-state index contributed by atoms with van der Waals surface area (Å²) >= 11 is 0. The van der Waals surface area contributed by atoms with Crippen LogP contribution in [0.2, 0.25) is 0 Å². The number of hydrogen-bond donors (Lipinski definition) is 2. The van der Waals surface area contributed by atoms with E-state index in [2.05, 4.69) is 10.2 Å². The molecule has 0 radical (unpaired) electrons. The maximum absolute atomic E-state index is 11.9. The van der Waals surface area contributed by atoms with Crippen molar-refractivity contribution < 1.29 is 9.90 Å². The fourth-order valence-electron chi connectivity index (χ4n) is 2.54. The van der Waals surface area contributed by atoms with Gasteiger partial charge in [0.05, 0.1) is 12.1 Å². The van der Waals surface area contributed by atoms with E-state index in [0.717, 1.165) is 38.0 Å². The highest BCUT2D eigenvalue weighted by Gasteiger charge is 2.17. The number of benzene rings is 1. The van der Waals surface area contributed by atoms with E-state index in [1.807, 2.05) is 37.3 Å². The van der Waals surface area contributed by atoms with Crippen molar-refractivity contribution in [1.29, 1.82) is 0 Å². The summed E-state index contributed by atoms with van der Waals surface area (Å²) in [6.45, 7) is 4.57.